The Morgan fingerprint density at radius 1 is 1.33 bits per heavy atom. The third-order valence-electron chi connectivity index (χ3n) is 3.18. The molecule has 0 spiro atoms. The van der Waals surface area contributed by atoms with Gasteiger partial charge in [0.05, 0.1) is 6.10 Å². The zero-order valence-corrected chi connectivity index (χ0v) is 9.15. The molecule has 1 amide bonds. The second-order valence-corrected chi connectivity index (χ2v) is 4.62. The number of carbonyl (C=O) groups is 1. The van der Waals surface area contributed by atoms with Gasteiger partial charge in [-0.3, -0.25) is 9.69 Å². The lowest BCUT2D eigenvalue weighted by molar-refractivity contribution is -0.124. The van der Waals surface area contributed by atoms with E-state index in [9.17, 15) is 4.79 Å². The van der Waals surface area contributed by atoms with Crippen LogP contribution in [0.1, 0.15) is 32.1 Å². The number of hydrogen-bond acceptors (Lipinski definition) is 3. The standard InChI is InChI=1S/C11H20N2O2/c12-11(14)8-15-10-3-1-2-6-13(7-10)9-4-5-9/h9-10H,1-8H2,(H2,12,14). The highest BCUT2D eigenvalue weighted by atomic mass is 16.5. The van der Waals surface area contributed by atoms with E-state index in [2.05, 4.69) is 4.90 Å². The summed E-state index contributed by atoms with van der Waals surface area (Å²) in [5, 5.41) is 0. The first-order valence-corrected chi connectivity index (χ1v) is 5.89. The van der Waals surface area contributed by atoms with Crippen LogP contribution in [0.15, 0.2) is 0 Å². The van der Waals surface area contributed by atoms with Gasteiger partial charge in [-0.05, 0) is 38.6 Å². The van der Waals surface area contributed by atoms with Crippen molar-refractivity contribution in [2.24, 2.45) is 5.73 Å². The maximum Gasteiger partial charge on any atom is 0.243 e. The number of rotatable bonds is 4. The summed E-state index contributed by atoms with van der Waals surface area (Å²) in [6, 6.07) is 0.794. The molecule has 0 bridgehead atoms. The van der Waals surface area contributed by atoms with Gasteiger partial charge in [-0.25, -0.2) is 0 Å². The predicted molar refractivity (Wildman–Crippen MR) is 57.4 cm³/mol. The van der Waals surface area contributed by atoms with Gasteiger partial charge in [0.25, 0.3) is 0 Å². The van der Waals surface area contributed by atoms with Crippen LogP contribution in [-0.4, -0.2) is 42.6 Å². The van der Waals surface area contributed by atoms with Gasteiger partial charge in [0.1, 0.15) is 6.61 Å². The van der Waals surface area contributed by atoms with E-state index in [1.807, 2.05) is 0 Å². The lowest BCUT2D eigenvalue weighted by Crippen LogP contribution is -2.35. The normalized spacial score (nSPS) is 28.7. The van der Waals surface area contributed by atoms with Crippen LogP contribution in [0.4, 0.5) is 0 Å². The minimum absolute atomic E-state index is 0.0726. The number of likely N-dealkylation sites (tertiary alicyclic amines) is 1. The van der Waals surface area contributed by atoms with Crippen LogP contribution in [0.25, 0.3) is 0 Å². The van der Waals surface area contributed by atoms with Gasteiger partial charge < -0.3 is 10.5 Å². The zero-order valence-electron chi connectivity index (χ0n) is 9.15. The van der Waals surface area contributed by atoms with Crippen molar-refractivity contribution in [2.45, 2.75) is 44.2 Å². The summed E-state index contributed by atoms with van der Waals surface area (Å²) >= 11 is 0. The van der Waals surface area contributed by atoms with Gasteiger partial charge in [0, 0.05) is 12.6 Å². The van der Waals surface area contributed by atoms with Gasteiger partial charge in [-0.2, -0.15) is 0 Å². The quantitative estimate of drug-likeness (QED) is 0.738. The second kappa shape index (κ2) is 4.94. The molecule has 2 rings (SSSR count). The smallest absolute Gasteiger partial charge is 0.243 e. The monoisotopic (exact) mass is 212 g/mol. The Morgan fingerprint density at radius 2 is 2.13 bits per heavy atom. The van der Waals surface area contributed by atoms with Crippen LogP contribution >= 0.6 is 0 Å². The Kier molecular flexibility index (Phi) is 3.59. The topological polar surface area (TPSA) is 55.6 Å². The first-order chi connectivity index (χ1) is 7.25. The van der Waals surface area contributed by atoms with Crippen LogP contribution in [0.3, 0.4) is 0 Å². The lowest BCUT2D eigenvalue weighted by Gasteiger charge is -2.23. The molecule has 86 valence electrons. The summed E-state index contributed by atoms with van der Waals surface area (Å²) in [5.74, 6) is -0.364. The molecule has 2 N–H and O–H groups in total. The Hall–Kier alpha value is -0.610. The molecule has 2 fully saturated rings. The average molecular weight is 212 g/mol. The third kappa shape index (κ3) is 3.47. The van der Waals surface area contributed by atoms with Crippen LogP contribution in [0.2, 0.25) is 0 Å². The minimum Gasteiger partial charge on any atom is -0.368 e. The number of hydrogen-bond donors (Lipinski definition) is 1. The van der Waals surface area contributed by atoms with Crippen LogP contribution in [0, 0.1) is 0 Å². The predicted octanol–water partition coefficient (Wildman–Crippen LogP) is 0.505. The molecule has 15 heavy (non-hydrogen) atoms. The van der Waals surface area contributed by atoms with E-state index in [1.54, 1.807) is 0 Å². The number of nitrogens with zero attached hydrogens (tertiary/aromatic N) is 1. The Morgan fingerprint density at radius 3 is 2.80 bits per heavy atom. The maximum absolute atomic E-state index is 10.6. The number of ether oxygens (including phenoxy) is 1. The number of carbonyl (C=O) groups excluding carboxylic acids is 1. The van der Waals surface area contributed by atoms with E-state index in [0.717, 1.165) is 19.0 Å². The van der Waals surface area contributed by atoms with Gasteiger partial charge in [-0.15, -0.1) is 0 Å². The summed E-state index contributed by atoms with van der Waals surface area (Å²) in [6.45, 7) is 2.25. The molecule has 1 heterocycles. The van der Waals surface area contributed by atoms with E-state index in [0.29, 0.717) is 0 Å². The first-order valence-electron chi connectivity index (χ1n) is 5.89. The first kappa shape index (κ1) is 10.9. The molecular weight excluding hydrogens is 192 g/mol. The van der Waals surface area contributed by atoms with Gasteiger partial charge in [0.15, 0.2) is 0 Å². The fourth-order valence-corrected chi connectivity index (χ4v) is 2.24. The minimum atomic E-state index is -0.364. The molecular formula is C11H20N2O2. The highest BCUT2D eigenvalue weighted by Gasteiger charge is 2.31. The molecule has 1 aliphatic carbocycles. The van der Waals surface area contributed by atoms with Crippen molar-refractivity contribution in [3.05, 3.63) is 0 Å². The van der Waals surface area contributed by atoms with Crippen molar-refractivity contribution < 1.29 is 9.53 Å². The van der Waals surface area contributed by atoms with Crippen molar-refractivity contribution in [2.75, 3.05) is 19.7 Å². The van der Waals surface area contributed by atoms with Crippen molar-refractivity contribution in [3.63, 3.8) is 0 Å². The molecule has 0 aromatic carbocycles. The van der Waals surface area contributed by atoms with Crippen molar-refractivity contribution in [1.82, 2.24) is 4.90 Å². The maximum atomic E-state index is 10.6. The van der Waals surface area contributed by atoms with E-state index in [-0.39, 0.29) is 18.6 Å². The van der Waals surface area contributed by atoms with Crippen molar-refractivity contribution >= 4 is 5.91 Å². The van der Waals surface area contributed by atoms with E-state index in [1.165, 1.54) is 32.2 Å². The lowest BCUT2D eigenvalue weighted by atomic mass is 10.2. The summed E-state index contributed by atoms with van der Waals surface area (Å²) < 4.78 is 5.52. The second-order valence-electron chi connectivity index (χ2n) is 4.62. The molecule has 4 heteroatoms. The van der Waals surface area contributed by atoms with Crippen LogP contribution in [0.5, 0.6) is 0 Å². The molecule has 0 aromatic rings. The number of amides is 1. The van der Waals surface area contributed by atoms with Crippen molar-refractivity contribution in [3.8, 4) is 0 Å². The molecule has 0 aromatic heterocycles. The van der Waals surface area contributed by atoms with Gasteiger partial charge in [-0.1, -0.05) is 0 Å². The molecule has 1 unspecified atom stereocenters. The number of primary amides is 1. The summed E-state index contributed by atoms with van der Waals surface area (Å²) in [5.41, 5.74) is 5.08. The third-order valence-corrected chi connectivity index (χ3v) is 3.18. The molecule has 0 radical (unpaired) electrons. The van der Waals surface area contributed by atoms with Gasteiger partial charge >= 0.3 is 0 Å². The van der Waals surface area contributed by atoms with E-state index in [4.69, 9.17) is 10.5 Å². The van der Waals surface area contributed by atoms with Crippen molar-refractivity contribution in [1.29, 1.82) is 0 Å². The SMILES string of the molecule is NC(=O)COC1CCCCN(C2CC2)C1. The summed E-state index contributed by atoms with van der Waals surface area (Å²) in [4.78, 5) is 13.2. The average Bonchev–Trinajstić information content (AvgIpc) is 3.01. The Labute approximate surface area is 90.8 Å². The fourth-order valence-electron chi connectivity index (χ4n) is 2.24. The molecule has 2 aliphatic rings. The van der Waals surface area contributed by atoms with E-state index < -0.39 is 0 Å². The molecule has 1 atom stereocenters. The largest absolute Gasteiger partial charge is 0.368 e. The Balaban J connectivity index is 1.78. The molecule has 4 nitrogen and oxygen atoms in total. The summed E-state index contributed by atoms with van der Waals surface area (Å²) in [6.07, 6.45) is 6.40. The van der Waals surface area contributed by atoms with Gasteiger partial charge in [0.2, 0.25) is 5.91 Å². The highest BCUT2D eigenvalue weighted by Crippen LogP contribution is 2.29. The van der Waals surface area contributed by atoms with Crippen LogP contribution < -0.4 is 5.73 Å². The summed E-state index contributed by atoms with van der Waals surface area (Å²) in [7, 11) is 0. The molecule has 1 saturated heterocycles. The van der Waals surface area contributed by atoms with E-state index >= 15 is 0 Å². The zero-order chi connectivity index (χ0) is 10.7. The number of nitrogens with two attached hydrogens (primary N) is 1. The fraction of sp³-hybridized carbons (Fsp3) is 0.909. The Bertz CT molecular complexity index is 229. The highest BCUT2D eigenvalue weighted by molar-refractivity contribution is 5.75. The molecule has 1 saturated carbocycles. The van der Waals surface area contributed by atoms with Crippen LogP contribution in [-0.2, 0) is 9.53 Å². The molecule has 1 aliphatic heterocycles.